The van der Waals surface area contributed by atoms with Crippen molar-refractivity contribution in [1.29, 1.82) is 0 Å². The maximum absolute atomic E-state index is 6.24. The van der Waals surface area contributed by atoms with Crippen LogP contribution in [-0.4, -0.2) is 24.9 Å². The van der Waals surface area contributed by atoms with Crippen molar-refractivity contribution in [3.05, 3.63) is 42.4 Å². The first-order valence-electron chi connectivity index (χ1n) is 8.03. The molecule has 0 spiro atoms. The number of nitrogens with zero attached hydrogens (tertiary/aromatic N) is 1. The number of aromatic amines is 1. The minimum atomic E-state index is -1.63. The molecule has 0 saturated heterocycles. The zero-order valence-corrected chi connectivity index (χ0v) is 15.4. The number of benzene rings is 1. The van der Waals surface area contributed by atoms with E-state index in [4.69, 9.17) is 4.43 Å². The molecule has 1 heterocycles. The van der Waals surface area contributed by atoms with Crippen molar-refractivity contribution in [2.75, 3.05) is 6.61 Å². The maximum Gasteiger partial charge on any atom is 0.191 e. The van der Waals surface area contributed by atoms with Crippen LogP contribution < -0.4 is 0 Å². The molecule has 2 rings (SSSR count). The van der Waals surface area contributed by atoms with Gasteiger partial charge in [0.2, 0.25) is 0 Å². The quantitative estimate of drug-likeness (QED) is 0.599. The first-order chi connectivity index (χ1) is 10.3. The highest BCUT2D eigenvalue weighted by atomic mass is 28.4. The van der Waals surface area contributed by atoms with Crippen molar-refractivity contribution >= 4 is 8.32 Å². The Labute approximate surface area is 135 Å². The van der Waals surface area contributed by atoms with Crippen molar-refractivity contribution in [3.63, 3.8) is 0 Å². The highest BCUT2D eigenvalue weighted by molar-refractivity contribution is 6.74. The number of rotatable bonds is 6. The lowest BCUT2D eigenvalue weighted by Gasteiger charge is -2.36. The summed E-state index contributed by atoms with van der Waals surface area (Å²) in [6.45, 7) is 12.3. The van der Waals surface area contributed by atoms with E-state index < -0.39 is 8.32 Å². The second kappa shape index (κ2) is 6.80. The molecule has 0 aliphatic rings. The molecule has 0 radical (unpaired) electrons. The Morgan fingerprint density at radius 3 is 2.45 bits per heavy atom. The molecule has 0 fully saturated rings. The van der Waals surface area contributed by atoms with Crippen LogP contribution in [0.5, 0.6) is 0 Å². The third-order valence-corrected chi connectivity index (χ3v) is 9.14. The van der Waals surface area contributed by atoms with Crippen molar-refractivity contribution in [3.8, 4) is 11.3 Å². The van der Waals surface area contributed by atoms with E-state index in [1.54, 1.807) is 6.33 Å². The molecule has 2 aromatic rings. The summed E-state index contributed by atoms with van der Waals surface area (Å²) >= 11 is 0. The molecule has 0 aliphatic heterocycles. The molecule has 22 heavy (non-hydrogen) atoms. The largest absolute Gasteiger partial charge is 0.417 e. The molecule has 0 unspecified atom stereocenters. The smallest absolute Gasteiger partial charge is 0.191 e. The van der Waals surface area contributed by atoms with Gasteiger partial charge in [-0.05, 0) is 31.0 Å². The first-order valence-corrected chi connectivity index (χ1v) is 10.9. The Morgan fingerprint density at radius 1 is 1.14 bits per heavy atom. The molecular formula is C18H28N2OSi. The van der Waals surface area contributed by atoms with E-state index in [1.165, 1.54) is 11.3 Å². The highest BCUT2D eigenvalue weighted by Crippen LogP contribution is 2.36. The Balaban J connectivity index is 1.91. The van der Waals surface area contributed by atoms with Crippen LogP contribution in [-0.2, 0) is 10.8 Å². The van der Waals surface area contributed by atoms with Gasteiger partial charge in [0.05, 0.1) is 12.0 Å². The monoisotopic (exact) mass is 316 g/mol. The molecule has 4 heteroatoms. The number of nitrogens with one attached hydrogen (secondary N) is 1. The third-order valence-electron chi connectivity index (χ3n) is 4.61. The van der Waals surface area contributed by atoms with E-state index in [2.05, 4.69) is 56.0 Å². The zero-order chi connectivity index (χ0) is 16.2. The number of imidazole rings is 1. The average Bonchev–Trinajstić information content (AvgIpc) is 2.92. The molecule has 3 nitrogen and oxygen atoms in total. The summed E-state index contributed by atoms with van der Waals surface area (Å²) in [6.07, 6.45) is 3.78. The van der Waals surface area contributed by atoms with Crippen LogP contribution in [0.4, 0.5) is 0 Å². The van der Waals surface area contributed by atoms with Crippen LogP contribution in [0.15, 0.2) is 36.7 Å². The zero-order valence-electron chi connectivity index (χ0n) is 14.4. The Hall–Kier alpha value is -1.39. The van der Waals surface area contributed by atoms with E-state index in [9.17, 15) is 0 Å². The van der Waals surface area contributed by atoms with Crippen LogP contribution in [0.2, 0.25) is 18.1 Å². The molecule has 1 aromatic heterocycles. The molecule has 0 amide bonds. The van der Waals surface area contributed by atoms with Gasteiger partial charge in [0, 0.05) is 17.9 Å². The molecule has 1 N–H and O–H groups in total. The van der Waals surface area contributed by atoms with Gasteiger partial charge in [-0.25, -0.2) is 4.98 Å². The molecule has 0 bridgehead atoms. The third kappa shape index (κ3) is 4.08. The van der Waals surface area contributed by atoms with Gasteiger partial charge in [-0.3, -0.25) is 0 Å². The first kappa shape index (κ1) is 17.0. The lowest BCUT2D eigenvalue weighted by Crippen LogP contribution is -2.41. The van der Waals surface area contributed by atoms with Crippen LogP contribution in [0, 0.1) is 0 Å². The number of H-pyrrole nitrogens is 1. The topological polar surface area (TPSA) is 37.9 Å². The minimum Gasteiger partial charge on any atom is -0.417 e. The van der Waals surface area contributed by atoms with Gasteiger partial charge < -0.3 is 9.41 Å². The van der Waals surface area contributed by atoms with Crippen LogP contribution >= 0.6 is 0 Å². The van der Waals surface area contributed by atoms with Crippen molar-refractivity contribution in [1.82, 2.24) is 9.97 Å². The fourth-order valence-electron chi connectivity index (χ4n) is 2.15. The van der Waals surface area contributed by atoms with Crippen LogP contribution in [0.1, 0.15) is 32.9 Å². The number of aromatic nitrogens is 2. The minimum absolute atomic E-state index is 0.274. The Bertz CT molecular complexity index is 585. The summed E-state index contributed by atoms with van der Waals surface area (Å²) in [5.41, 5.74) is 3.43. The summed E-state index contributed by atoms with van der Waals surface area (Å²) < 4.78 is 6.24. The van der Waals surface area contributed by atoms with Crippen LogP contribution in [0.25, 0.3) is 11.3 Å². The Morgan fingerprint density at radius 2 is 1.82 bits per heavy atom. The van der Waals surface area contributed by atoms with Gasteiger partial charge in [-0.1, -0.05) is 51.1 Å². The van der Waals surface area contributed by atoms with Gasteiger partial charge in [0.25, 0.3) is 0 Å². The lowest BCUT2D eigenvalue weighted by molar-refractivity contribution is 0.282. The van der Waals surface area contributed by atoms with Crippen molar-refractivity contribution in [2.24, 2.45) is 0 Å². The van der Waals surface area contributed by atoms with E-state index in [-0.39, 0.29) is 5.04 Å². The number of aryl methyl sites for hydroxylation is 1. The fraction of sp³-hybridized carbons (Fsp3) is 0.500. The van der Waals surface area contributed by atoms with Crippen LogP contribution in [0.3, 0.4) is 0 Å². The fourth-order valence-corrected chi connectivity index (χ4v) is 3.24. The molecule has 1 aromatic carbocycles. The van der Waals surface area contributed by atoms with Crippen molar-refractivity contribution < 1.29 is 4.43 Å². The maximum atomic E-state index is 6.24. The van der Waals surface area contributed by atoms with E-state index >= 15 is 0 Å². The Kier molecular flexibility index (Phi) is 5.24. The molecular weight excluding hydrogens is 288 g/mol. The second-order valence-electron chi connectivity index (χ2n) is 7.31. The van der Waals surface area contributed by atoms with E-state index in [0.29, 0.717) is 0 Å². The molecule has 120 valence electrons. The highest BCUT2D eigenvalue weighted by Gasteiger charge is 2.36. The van der Waals surface area contributed by atoms with Gasteiger partial charge in [-0.2, -0.15) is 0 Å². The van der Waals surface area contributed by atoms with Gasteiger partial charge in [-0.15, -0.1) is 0 Å². The van der Waals surface area contributed by atoms with Crippen molar-refractivity contribution in [2.45, 2.75) is 51.7 Å². The summed E-state index contributed by atoms with van der Waals surface area (Å²) in [5, 5.41) is 0.274. The lowest BCUT2D eigenvalue weighted by atomic mass is 10.1. The van der Waals surface area contributed by atoms with Gasteiger partial charge in [0.1, 0.15) is 0 Å². The average molecular weight is 317 g/mol. The normalized spacial score (nSPS) is 12.6. The standard InChI is InChI=1S/C18H28N2OSi/c1-18(2,3)22(4,5)21-13-9-12-16-17(20-14-19-16)15-10-7-6-8-11-15/h6-8,10-11,14H,9,12-13H2,1-5H3,(H,19,20). The molecule has 0 aliphatic carbocycles. The summed E-state index contributed by atoms with van der Waals surface area (Å²) in [7, 11) is -1.63. The van der Waals surface area contributed by atoms with E-state index in [0.717, 1.165) is 25.1 Å². The predicted molar refractivity (Wildman–Crippen MR) is 95.5 cm³/mol. The number of hydrogen-bond acceptors (Lipinski definition) is 2. The SMILES string of the molecule is CC(C)(C)[Si](C)(C)OCCCc1[nH]cnc1-c1ccccc1. The molecule has 0 saturated carbocycles. The number of hydrogen-bond donors (Lipinski definition) is 1. The summed E-state index contributed by atoms with van der Waals surface area (Å²) in [6, 6.07) is 10.3. The second-order valence-corrected chi connectivity index (χ2v) is 12.1. The van der Waals surface area contributed by atoms with Gasteiger partial charge >= 0.3 is 0 Å². The predicted octanol–water partition coefficient (Wildman–Crippen LogP) is 5.03. The van der Waals surface area contributed by atoms with Gasteiger partial charge in [0.15, 0.2) is 8.32 Å². The van der Waals surface area contributed by atoms with E-state index in [1.807, 2.05) is 18.2 Å². The summed E-state index contributed by atoms with van der Waals surface area (Å²) in [4.78, 5) is 7.74. The summed E-state index contributed by atoms with van der Waals surface area (Å²) in [5.74, 6) is 0. The molecule has 0 atom stereocenters.